The minimum Gasteiger partial charge on any atom is -0.490 e. The van der Waals surface area contributed by atoms with E-state index >= 15 is 0 Å². The van der Waals surface area contributed by atoms with Crippen molar-refractivity contribution in [2.75, 3.05) is 19.8 Å². The maximum Gasteiger partial charge on any atom is 0.573 e. The van der Waals surface area contributed by atoms with Gasteiger partial charge in [-0.3, -0.25) is 0 Å². The first-order chi connectivity index (χ1) is 15.3. The molecule has 2 aromatic carbocycles. The fourth-order valence-electron chi connectivity index (χ4n) is 3.14. The van der Waals surface area contributed by atoms with Crippen molar-refractivity contribution in [1.29, 1.82) is 0 Å². The molecular weight excluding hydrogens is 470 g/mol. The lowest BCUT2D eigenvalue weighted by molar-refractivity contribution is -0.274. The SMILES string of the molecule is FC(F)(F)Oc1ccc(OCCO/N=C2\CCCc3c(OCC=C(Cl)Cl)cccc32)cc1. The topological polar surface area (TPSA) is 49.3 Å². The Bertz CT molecular complexity index is 959. The Balaban J connectivity index is 1.51. The largest absolute Gasteiger partial charge is 0.573 e. The molecule has 0 bridgehead atoms. The van der Waals surface area contributed by atoms with Gasteiger partial charge in [-0.1, -0.05) is 40.5 Å². The molecule has 1 aliphatic carbocycles. The summed E-state index contributed by atoms with van der Waals surface area (Å²) < 4.78 is 51.7. The van der Waals surface area contributed by atoms with Crippen molar-refractivity contribution in [3.63, 3.8) is 0 Å². The molecule has 0 aliphatic heterocycles. The lowest BCUT2D eigenvalue weighted by Crippen LogP contribution is -2.17. The molecule has 0 atom stereocenters. The first-order valence-corrected chi connectivity index (χ1v) is 10.5. The molecule has 32 heavy (non-hydrogen) atoms. The summed E-state index contributed by atoms with van der Waals surface area (Å²) in [5.74, 6) is 0.835. The maximum absolute atomic E-state index is 12.2. The molecule has 1 aliphatic rings. The number of hydrogen-bond donors (Lipinski definition) is 0. The van der Waals surface area contributed by atoms with E-state index in [-0.39, 0.29) is 30.1 Å². The number of hydrogen-bond acceptors (Lipinski definition) is 5. The Morgan fingerprint density at radius 3 is 2.44 bits per heavy atom. The van der Waals surface area contributed by atoms with Crippen LogP contribution in [0, 0.1) is 0 Å². The van der Waals surface area contributed by atoms with Crippen LogP contribution in [0.15, 0.2) is 58.2 Å². The summed E-state index contributed by atoms with van der Waals surface area (Å²) in [5, 5.41) is 4.24. The first kappa shape index (κ1) is 24.1. The Labute approximate surface area is 193 Å². The predicted octanol–water partition coefficient (Wildman–Crippen LogP) is 6.42. The lowest BCUT2D eigenvalue weighted by Gasteiger charge is -2.20. The maximum atomic E-state index is 12.2. The molecule has 0 amide bonds. The molecule has 5 nitrogen and oxygen atoms in total. The molecule has 0 radical (unpaired) electrons. The highest BCUT2D eigenvalue weighted by molar-refractivity contribution is 6.55. The third-order valence-corrected chi connectivity index (χ3v) is 4.74. The van der Waals surface area contributed by atoms with Crippen LogP contribution in [0.3, 0.4) is 0 Å². The number of fused-ring (bicyclic) bond motifs is 1. The fourth-order valence-corrected chi connectivity index (χ4v) is 3.27. The van der Waals surface area contributed by atoms with Gasteiger partial charge in [-0.05, 0) is 55.7 Å². The van der Waals surface area contributed by atoms with Crippen LogP contribution >= 0.6 is 23.2 Å². The van der Waals surface area contributed by atoms with E-state index in [0.717, 1.165) is 41.9 Å². The number of oxime groups is 1. The van der Waals surface area contributed by atoms with Gasteiger partial charge in [0, 0.05) is 11.1 Å². The Morgan fingerprint density at radius 1 is 0.969 bits per heavy atom. The minimum atomic E-state index is -4.73. The van der Waals surface area contributed by atoms with E-state index in [1.165, 1.54) is 24.3 Å². The standard InChI is InChI=1S/C22H20Cl2F3NO4/c23-21(24)11-12-30-20-6-2-3-17-18(20)4-1-5-19(17)28-31-14-13-29-15-7-9-16(10-8-15)32-22(25,26)27/h2-3,6-11H,1,4-5,12-14H2/b28-19+. The van der Waals surface area contributed by atoms with E-state index in [1.807, 2.05) is 18.2 Å². The second-order valence-corrected chi connectivity index (χ2v) is 7.69. The summed E-state index contributed by atoms with van der Waals surface area (Å²) >= 11 is 11.2. The van der Waals surface area contributed by atoms with Crippen LogP contribution in [-0.4, -0.2) is 31.9 Å². The van der Waals surface area contributed by atoms with Crippen LogP contribution in [-0.2, 0) is 11.3 Å². The van der Waals surface area contributed by atoms with Gasteiger partial charge in [0.05, 0.1) is 5.71 Å². The van der Waals surface area contributed by atoms with Crippen molar-refractivity contribution >= 4 is 28.9 Å². The highest BCUT2D eigenvalue weighted by Crippen LogP contribution is 2.30. The Morgan fingerprint density at radius 2 is 1.72 bits per heavy atom. The number of alkyl halides is 3. The molecule has 0 fully saturated rings. The van der Waals surface area contributed by atoms with Crippen LogP contribution in [0.2, 0.25) is 0 Å². The van der Waals surface area contributed by atoms with Crippen molar-refractivity contribution in [1.82, 2.24) is 0 Å². The van der Waals surface area contributed by atoms with Crippen molar-refractivity contribution < 1.29 is 32.2 Å². The van der Waals surface area contributed by atoms with Gasteiger partial charge in [0.2, 0.25) is 0 Å². The summed E-state index contributed by atoms with van der Waals surface area (Å²) in [7, 11) is 0. The number of nitrogens with zero attached hydrogens (tertiary/aromatic N) is 1. The van der Waals surface area contributed by atoms with E-state index in [2.05, 4.69) is 9.89 Å². The molecular formula is C22H20Cl2F3NO4. The van der Waals surface area contributed by atoms with Crippen LogP contribution in [0.4, 0.5) is 13.2 Å². The van der Waals surface area contributed by atoms with Gasteiger partial charge in [-0.25, -0.2) is 0 Å². The number of halogens is 5. The molecule has 0 saturated heterocycles. The molecule has 0 heterocycles. The second-order valence-electron chi connectivity index (χ2n) is 6.68. The Kier molecular flexibility index (Phi) is 8.53. The molecule has 10 heteroatoms. The zero-order chi connectivity index (χ0) is 23.0. The molecule has 0 N–H and O–H groups in total. The van der Waals surface area contributed by atoms with Crippen molar-refractivity contribution in [2.45, 2.75) is 25.6 Å². The third kappa shape index (κ3) is 7.53. The van der Waals surface area contributed by atoms with E-state index in [9.17, 15) is 13.2 Å². The van der Waals surface area contributed by atoms with Gasteiger partial charge in [0.25, 0.3) is 0 Å². The normalized spacial score (nSPS) is 14.5. The number of benzene rings is 2. The zero-order valence-corrected chi connectivity index (χ0v) is 18.3. The van der Waals surface area contributed by atoms with E-state index in [4.69, 9.17) is 37.5 Å². The summed E-state index contributed by atoms with van der Waals surface area (Å²) in [4.78, 5) is 5.40. The predicted molar refractivity (Wildman–Crippen MR) is 116 cm³/mol. The summed E-state index contributed by atoms with van der Waals surface area (Å²) in [6, 6.07) is 10.9. The van der Waals surface area contributed by atoms with Gasteiger partial charge in [-0.15, -0.1) is 13.2 Å². The van der Waals surface area contributed by atoms with E-state index in [0.29, 0.717) is 5.75 Å². The fraction of sp³-hybridized carbons (Fsp3) is 0.318. The van der Waals surface area contributed by atoms with Crippen LogP contribution in [0.5, 0.6) is 17.2 Å². The van der Waals surface area contributed by atoms with Crippen LogP contribution in [0.1, 0.15) is 24.0 Å². The molecule has 0 aromatic heterocycles. The minimum absolute atomic E-state index is 0.151. The molecule has 0 unspecified atom stereocenters. The van der Waals surface area contributed by atoms with E-state index < -0.39 is 6.36 Å². The van der Waals surface area contributed by atoms with Gasteiger partial charge >= 0.3 is 6.36 Å². The molecule has 2 aromatic rings. The van der Waals surface area contributed by atoms with Crippen molar-refractivity contribution in [2.24, 2.45) is 5.16 Å². The first-order valence-electron chi connectivity index (χ1n) is 9.75. The van der Waals surface area contributed by atoms with Crippen LogP contribution in [0.25, 0.3) is 0 Å². The highest BCUT2D eigenvalue weighted by Gasteiger charge is 2.31. The van der Waals surface area contributed by atoms with Crippen molar-refractivity contribution in [3.05, 3.63) is 64.2 Å². The second kappa shape index (κ2) is 11.3. The van der Waals surface area contributed by atoms with Gasteiger partial charge in [0.1, 0.15) is 35.0 Å². The van der Waals surface area contributed by atoms with Crippen molar-refractivity contribution in [3.8, 4) is 17.2 Å². The highest BCUT2D eigenvalue weighted by atomic mass is 35.5. The monoisotopic (exact) mass is 489 g/mol. The van der Waals surface area contributed by atoms with Gasteiger partial charge in [0.15, 0.2) is 6.61 Å². The lowest BCUT2D eigenvalue weighted by atomic mass is 9.89. The molecule has 0 spiro atoms. The number of rotatable bonds is 9. The summed E-state index contributed by atoms with van der Waals surface area (Å²) in [6.07, 6.45) is -0.620. The average Bonchev–Trinajstić information content (AvgIpc) is 2.74. The quantitative estimate of drug-likeness (QED) is 0.301. The number of ether oxygens (including phenoxy) is 3. The third-order valence-electron chi connectivity index (χ3n) is 4.44. The smallest absolute Gasteiger partial charge is 0.490 e. The zero-order valence-electron chi connectivity index (χ0n) is 16.8. The molecule has 3 rings (SSSR count). The summed E-state index contributed by atoms with van der Waals surface area (Å²) in [6.45, 7) is 0.620. The van der Waals surface area contributed by atoms with Gasteiger partial charge < -0.3 is 19.0 Å². The molecule has 172 valence electrons. The average molecular weight is 490 g/mol. The van der Waals surface area contributed by atoms with Crippen LogP contribution < -0.4 is 14.2 Å². The van der Waals surface area contributed by atoms with Gasteiger partial charge in [-0.2, -0.15) is 0 Å². The summed E-state index contributed by atoms with van der Waals surface area (Å²) in [5.41, 5.74) is 2.84. The Hall–Kier alpha value is -2.58. The molecule has 0 saturated carbocycles. The van der Waals surface area contributed by atoms with E-state index in [1.54, 1.807) is 6.08 Å².